The van der Waals surface area contributed by atoms with Crippen molar-refractivity contribution in [3.05, 3.63) is 89.3 Å². The van der Waals surface area contributed by atoms with Crippen LogP contribution in [0, 0.1) is 0 Å². The summed E-state index contributed by atoms with van der Waals surface area (Å²) in [4.78, 5) is 37.8. The number of nitrogens with two attached hydrogens (primary N) is 2. The van der Waals surface area contributed by atoms with Crippen LogP contribution < -0.4 is 11.5 Å². The van der Waals surface area contributed by atoms with Gasteiger partial charge in [-0.3, -0.25) is 19.5 Å². The van der Waals surface area contributed by atoms with Gasteiger partial charge in [0.15, 0.2) is 0 Å². The first-order valence-corrected chi connectivity index (χ1v) is 8.65. The van der Waals surface area contributed by atoms with Crippen molar-refractivity contribution in [2.75, 3.05) is 0 Å². The summed E-state index contributed by atoms with van der Waals surface area (Å²) in [7, 11) is 0. The van der Waals surface area contributed by atoms with Gasteiger partial charge in [-0.05, 0) is 36.4 Å². The number of pyridine rings is 3. The quantitative estimate of drug-likeness (QED) is 0.609. The van der Waals surface area contributed by atoms with Crippen LogP contribution in [0.5, 0.6) is 0 Å². The van der Waals surface area contributed by atoms with Gasteiger partial charge in [-0.1, -0.05) is 18.2 Å². The first kappa shape index (κ1) is 19.1. The molecule has 0 aromatic carbocycles. The minimum absolute atomic E-state index is 0.212. The molecule has 0 saturated heterocycles. The summed E-state index contributed by atoms with van der Waals surface area (Å²) in [5, 5.41) is 0. The van der Waals surface area contributed by atoms with Crippen LogP contribution in [0.25, 0.3) is 0 Å². The Kier molecular flexibility index (Phi) is 6.03. The van der Waals surface area contributed by atoms with Crippen molar-refractivity contribution < 1.29 is 9.59 Å². The van der Waals surface area contributed by atoms with Crippen LogP contribution in [0.1, 0.15) is 38.1 Å². The predicted molar refractivity (Wildman–Crippen MR) is 103 cm³/mol. The van der Waals surface area contributed by atoms with Gasteiger partial charge in [0.1, 0.15) is 11.4 Å². The van der Waals surface area contributed by atoms with Gasteiger partial charge in [0.25, 0.3) is 11.8 Å². The van der Waals surface area contributed by atoms with Crippen molar-refractivity contribution >= 4 is 11.8 Å². The smallest absolute Gasteiger partial charge is 0.267 e. The second-order valence-corrected chi connectivity index (χ2v) is 6.22. The lowest BCUT2D eigenvalue weighted by atomic mass is 10.2. The third-order valence-corrected chi connectivity index (χ3v) is 4.00. The number of hydrogen-bond acceptors (Lipinski definition) is 6. The second kappa shape index (κ2) is 8.83. The van der Waals surface area contributed by atoms with E-state index in [9.17, 15) is 9.59 Å². The van der Waals surface area contributed by atoms with E-state index in [0.29, 0.717) is 31.0 Å². The molecule has 8 nitrogen and oxygen atoms in total. The Labute approximate surface area is 162 Å². The average molecular weight is 376 g/mol. The highest BCUT2D eigenvalue weighted by Gasteiger charge is 2.13. The summed E-state index contributed by atoms with van der Waals surface area (Å²) in [6.07, 6.45) is 1.73. The van der Waals surface area contributed by atoms with E-state index in [-0.39, 0.29) is 11.4 Å². The SMILES string of the molecule is NC(=O)c1cccc(CN(Cc2ccccn2)Cc2cccc(C(N)=O)n2)n1. The van der Waals surface area contributed by atoms with Gasteiger partial charge in [-0.15, -0.1) is 0 Å². The van der Waals surface area contributed by atoms with Crippen LogP contribution in [-0.2, 0) is 19.6 Å². The zero-order chi connectivity index (χ0) is 19.9. The molecule has 0 unspecified atom stereocenters. The van der Waals surface area contributed by atoms with Gasteiger partial charge in [0.2, 0.25) is 0 Å². The van der Waals surface area contributed by atoms with E-state index in [1.165, 1.54) is 0 Å². The van der Waals surface area contributed by atoms with Crippen LogP contribution in [0.4, 0.5) is 0 Å². The van der Waals surface area contributed by atoms with E-state index < -0.39 is 11.8 Å². The number of carbonyl (C=O) groups is 2. The molecule has 4 N–H and O–H groups in total. The maximum atomic E-state index is 11.4. The lowest BCUT2D eigenvalue weighted by Gasteiger charge is -2.21. The molecular formula is C20H20N6O2. The normalized spacial score (nSPS) is 10.8. The number of nitrogens with zero attached hydrogens (tertiary/aromatic N) is 4. The van der Waals surface area contributed by atoms with E-state index in [0.717, 1.165) is 5.69 Å². The fourth-order valence-corrected chi connectivity index (χ4v) is 2.76. The summed E-state index contributed by atoms with van der Waals surface area (Å²) in [5.74, 6) is -1.15. The van der Waals surface area contributed by atoms with Crippen molar-refractivity contribution in [3.63, 3.8) is 0 Å². The number of hydrogen-bond donors (Lipinski definition) is 2. The van der Waals surface area contributed by atoms with Gasteiger partial charge in [-0.2, -0.15) is 0 Å². The van der Waals surface area contributed by atoms with E-state index in [1.54, 1.807) is 30.5 Å². The third-order valence-electron chi connectivity index (χ3n) is 4.00. The molecule has 28 heavy (non-hydrogen) atoms. The summed E-state index contributed by atoms with van der Waals surface area (Å²) in [6, 6.07) is 16.0. The molecular weight excluding hydrogens is 356 g/mol. The molecule has 142 valence electrons. The van der Waals surface area contributed by atoms with Gasteiger partial charge >= 0.3 is 0 Å². The van der Waals surface area contributed by atoms with Crippen molar-refractivity contribution in [3.8, 4) is 0 Å². The molecule has 0 saturated carbocycles. The number of carbonyl (C=O) groups excluding carboxylic acids is 2. The molecule has 0 fully saturated rings. The van der Waals surface area contributed by atoms with Gasteiger partial charge in [0, 0.05) is 25.8 Å². The highest BCUT2D eigenvalue weighted by atomic mass is 16.1. The Balaban J connectivity index is 1.84. The number of amides is 2. The first-order chi connectivity index (χ1) is 13.5. The summed E-state index contributed by atoms with van der Waals surface area (Å²) in [6.45, 7) is 1.42. The Morgan fingerprint density at radius 3 is 1.68 bits per heavy atom. The molecule has 3 rings (SSSR count). The molecule has 0 aliphatic carbocycles. The topological polar surface area (TPSA) is 128 Å². The molecule has 0 aliphatic heterocycles. The first-order valence-electron chi connectivity index (χ1n) is 8.65. The monoisotopic (exact) mass is 376 g/mol. The van der Waals surface area contributed by atoms with Crippen LogP contribution in [0.2, 0.25) is 0 Å². The van der Waals surface area contributed by atoms with Gasteiger partial charge in [0.05, 0.1) is 17.1 Å². The Hall–Kier alpha value is -3.65. The molecule has 3 heterocycles. The van der Waals surface area contributed by atoms with Gasteiger partial charge in [-0.25, -0.2) is 9.97 Å². The summed E-state index contributed by atoms with van der Waals surface area (Å²) < 4.78 is 0. The van der Waals surface area contributed by atoms with Crippen LogP contribution in [-0.4, -0.2) is 31.7 Å². The van der Waals surface area contributed by atoms with E-state index >= 15 is 0 Å². The highest BCUT2D eigenvalue weighted by molar-refractivity contribution is 5.91. The lowest BCUT2D eigenvalue weighted by molar-refractivity contribution is 0.0987. The van der Waals surface area contributed by atoms with Crippen LogP contribution >= 0.6 is 0 Å². The van der Waals surface area contributed by atoms with Crippen molar-refractivity contribution in [2.45, 2.75) is 19.6 Å². The summed E-state index contributed by atoms with van der Waals surface area (Å²) >= 11 is 0. The number of rotatable bonds is 8. The van der Waals surface area contributed by atoms with Crippen molar-refractivity contribution in [1.82, 2.24) is 19.9 Å². The molecule has 0 bridgehead atoms. The number of aromatic nitrogens is 3. The fraction of sp³-hybridized carbons (Fsp3) is 0.150. The predicted octanol–water partition coefficient (Wildman–Crippen LogP) is 1.27. The molecule has 0 aliphatic rings. The maximum Gasteiger partial charge on any atom is 0.267 e. The molecule has 3 aromatic heterocycles. The summed E-state index contributed by atoms with van der Waals surface area (Å²) in [5.41, 5.74) is 13.3. The van der Waals surface area contributed by atoms with E-state index in [2.05, 4.69) is 19.9 Å². The lowest BCUT2D eigenvalue weighted by Crippen LogP contribution is -2.25. The standard InChI is InChI=1S/C20H20N6O2/c21-19(27)17-8-3-6-15(24-17)12-26(11-14-5-1-2-10-23-14)13-16-7-4-9-18(25-16)20(22)28/h1-10H,11-13H2,(H2,21,27)(H2,22,28). The Morgan fingerprint density at radius 1 is 0.714 bits per heavy atom. The maximum absolute atomic E-state index is 11.4. The second-order valence-electron chi connectivity index (χ2n) is 6.22. The number of primary amides is 2. The third kappa shape index (κ3) is 5.18. The van der Waals surface area contributed by atoms with Crippen molar-refractivity contribution in [2.24, 2.45) is 11.5 Å². The van der Waals surface area contributed by atoms with E-state index in [1.807, 2.05) is 30.3 Å². The Morgan fingerprint density at radius 2 is 1.21 bits per heavy atom. The van der Waals surface area contributed by atoms with Crippen molar-refractivity contribution in [1.29, 1.82) is 0 Å². The molecule has 8 heteroatoms. The Bertz CT molecular complexity index is 918. The molecule has 2 amide bonds. The average Bonchev–Trinajstić information content (AvgIpc) is 2.69. The molecule has 0 radical (unpaired) electrons. The molecule has 0 atom stereocenters. The van der Waals surface area contributed by atoms with Gasteiger partial charge < -0.3 is 11.5 Å². The van der Waals surface area contributed by atoms with E-state index in [4.69, 9.17) is 11.5 Å². The van der Waals surface area contributed by atoms with Crippen LogP contribution in [0.15, 0.2) is 60.8 Å². The fourth-order valence-electron chi connectivity index (χ4n) is 2.76. The highest BCUT2D eigenvalue weighted by Crippen LogP contribution is 2.12. The molecule has 3 aromatic rings. The van der Waals surface area contributed by atoms with Crippen LogP contribution in [0.3, 0.4) is 0 Å². The molecule has 0 spiro atoms. The minimum Gasteiger partial charge on any atom is -0.364 e. The zero-order valence-electron chi connectivity index (χ0n) is 15.2. The largest absolute Gasteiger partial charge is 0.364 e. The zero-order valence-corrected chi connectivity index (χ0v) is 15.2. The minimum atomic E-state index is -0.575.